The zero-order valence-corrected chi connectivity index (χ0v) is 17.8. The van der Waals surface area contributed by atoms with E-state index >= 15 is 0 Å². The minimum absolute atomic E-state index is 0.211. The molecule has 2 aromatic carbocycles. The number of nitrogens with one attached hydrogen (secondary N) is 1. The first-order chi connectivity index (χ1) is 15.7. The molecule has 170 valence electrons. The van der Waals surface area contributed by atoms with Gasteiger partial charge < -0.3 is 9.84 Å². The molecule has 0 saturated heterocycles. The lowest BCUT2D eigenvalue weighted by molar-refractivity contribution is -0.192. The minimum Gasteiger partial charge on any atom is -0.497 e. The van der Waals surface area contributed by atoms with Crippen LogP contribution in [0.15, 0.2) is 67.0 Å². The summed E-state index contributed by atoms with van der Waals surface area (Å²) < 4.78 is 37.9. The number of anilines is 1. The summed E-state index contributed by atoms with van der Waals surface area (Å²) in [5.74, 6) is -2.33. The van der Waals surface area contributed by atoms with Gasteiger partial charge in [0, 0.05) is 18.0 Å². The predicted molar refractivity (Wildman–Crippen MR) is 117 cm³/mol. The number of halogens is 3. The topological polar surface area (TPSA) is 101 Å². The molecule has 0 atom stereocenters. The van der Waals surface area contributed by atoms with Crippen LogP contribution < -0.4 is 10.1 Å². The van der Waals surface area contributed by atoms with Crippen molar-refractivity contribution in [3.05, 3.63) is 72.6 Å². The average molecular weight is 475 g/mol. The van der Waals surface area contributed by atoms with Gasteiger partial charge in [-0.2, -0.15) is 13.2 Å². The fourth-order valence-electron chi connectivity index (χ4n) is 2.64. The van der Waals surface area contributed by atoms with Gasteiger partial charge in [-0.05, 0) is 53.6 Å². The van der Waals surface area contributed by atoms with Crippen LogP contribution in [-0.4, -0.2) is 40.2 Å². The van der Waals surface area contributed by atoms with Gasteiger partial charge in [-0.25, -0.2) is 9.78 Å². The highest BCUT2D eigenvalue weighted by Gasteiger charge is 2.38. The predicted octanol–water partition coefficient (Wildman–Crippen LogP) is 5.25. The first-order valence-corrected chi connectivity index (χ1v) is 10.1. The van der Waals surface area contributed by atoms with E-state index in [9.17, 15) is 18.0 Å². The van der Waals surface area contributed by atoms with Gasteiger partial charge in [0.2, 0.25) is 0 Å². The summed E-state index contributed by atoms with van der Waals surface area (Å²) in [5, 5.41) is 10.6. The summed E-state index contributed by atoms with van der Waals surface area (Å²) >= 11 is 1.45. The molecule has 4 aromatic rings. The van der Waals surface area contributed by atoms with Gasteiger partial charge in [-0.3, -0.25) is 15.1 Å². The van der Waals surface area contributed by atoms with Crippen molar-refractivity contribution in [2.24, 2.45) is 0 Å². The number of thiazole rings is 1. The number of carboxylic acid groups (broad SMARTS) is 1. The number of pyridine rings is 1. The number of carbonyl (C=O) groups is 2. The lowest BCUT2D eigenvalue weighted by atomic mass is 10.1. The number of ether oxygens (including phenoxy) is 1. The molecule has 11 heteroatoms. The molecule has 4 rings (SSSR count). The van der Waals surface area contributed by atoms with Crippen molar-refractivity contribution in [3.63, 3.8) is 0 Å². The Morgan fingerprint density at radius 1 is 1.03 bits per heavy atom. The molecule has 0 fully saturated rings. The van der Waals surface area contributed by atoms with Crippen LogP contribution in [0.5, 0.6) is 5.75 Å². The zero-order valence-electron chi connectivity index (χ0n) is 17.0. The molecule has 0 spiro atoms. The van der Waals surface area contributed by atoms with Crippen molar-refractivity contribution < 1.29 is 32.6 Å². The van der Waals surface area contributed by atoms with E-state index in [4.69, 9.17) is 14.6 Å². The van der Waals surface area contributed by atoms with Crippen molar-refractivity contribution in [2.75, 3.05) is 12.4 Å². The third kappa shape index (κ3) is 6.26. The number of benzene rings is 2. The second-order valence-corrected chi connectivity index (χ2v) is 7.46. The molecule has 0 radical (unpaired) electrons. The highest BCUT2D eigenvalue weighted by molar-refractivity contribution is 7.22. The van der Waals surface area contributed by atoms with E-state index in [0.717, 1.165) is 21.3 Å². The number of carbonyl (C=O) groups excluding carboxylic acids is 1. The molecule has 0 unspecified atom stereocenters. The van der Waals surface area contributed by atoms with Gasteiger partial charge in [0.15, 0.2) is 5.13 Å². The third-order valence-corrected chi connectivity index (χ3v) is 5.13. The lowest BCUT2D eigenvalue weighted by Crippen LogP contribution is -2.21. The largest absolute Gasteiger partial charge is 0.497 e. The Morgan fingerprint density at radius 2 is 1.73 bits per heavy atom. The number of amides is 1. The molecule has 2 heterocycles. The zero-order chi connectivity index (χ0) is 24.0. The smallest absolute Gasteiger partial charge is 0.490 e. The van der Waals surface area contributed by atoms with Crippen LogP contribution in [0.1, 0.15) is 10.4 Å². The summed E-state index contributed by atoms with van der Waals surface area (Å²) in [5.41, 5.74) is 3.57. The van der Waals surface area contributed by atoms with Crippen molar-refractivity contribution in [1.29, 1.82) is 0 Å². The summed E-state index contributed by atoms with van der Waals surface area (Å²) in [4.78, 5) is 29.9. The second-order valence-electron chi connectivity index (χ2n) is 6.43. The van der Waals surface area contributed by atoms with E-state index in [1.807, 2.05) is 24.3 Å². The van der Waals surface area contributed by atoms with Crippen molar-refractivity contribution in [3.8, 4) is 16.9 Å². The van der Waals surface area contributed by atoms with Crippen molar-refractivity contribution >= 4 is 38.6 Å². The van der Waals surface area contributed by atoms with Crippen LogP contribution in [0, 0.1) is 0 Å². The molecule has 0 aliphatic heterocycles. The summed E-state index contributed by atoms with van der Waals surface area (Å²) in [6.07, 6.45) is -1.54. The Kier molecular flexibility index (Phi) is 7.23. The van der Waals surface area contributed by atoms with E-state index in [1.165, 1.54) is 11.3 Å². The fraction of sp³-hybridized carbons (Fsp3) is 0.0909. The minimum atomic E-state index is -5.08. The number of hydrogen-bond acceptors (Lipinski definition) is 6. The monoisotopic (exact) mass is 475 g/mol. The number of aromatic nitrogens is 2. The van der Waals surface area contributed by atoms with Gasteiger partial charge in [0.05, 0.1) is 17.3 Å². The van der Waals surface area contributed by atoms with E-state index in [1.54, 1.807) is 43.8 Å². The molecule has 33 heavy (non-hydrogen) atoms. The first kappa shape index (κ1) is 23.7. The molecular formula is C22H16F3N3O4S. The number of fused-ring (bicyclic) bond motifs is 1. The number of alkyl halides is 3. The number of rotatable bonds is 4. The van der Waals surface area contributed by atoms with Crippen molar-refractivity contribution in [1.82, 2.24) is 9.97 Å². The molecule has 7 nitrogen and oxygen atoms in total. The van der Waals surface area contributed by atoms with Gasteiger partial charge in [-0.1, -0.05) is 23.5 Å². The van der Waals surface area contributed by atoms with E-state index in [-0.39, 0.29) is 5.91 Å². The number of carboxylic acids is 1. The number of methoxy groups -OCH3 is 1. The maximum absolute atomic E-state index is 12.4. The molecule has 2 N–H and O–H groups in total. The van der Waals surface area contributed by atoms with E-state index < -0.39 is 12.1 Å². The highest BCUT2D eigenvalue weighted by atomic mass is 32.1. The lowest BCUT2D eigenvalue weighted by Gasteiger charge is -2.03. The van der Waals surface area contributed by atoms with Crippen LogP contribution in [0.2, 0.25) is 0 Å². The molecule has 0 aliphatic rings. The average Bonchev–Trinajstić information content (AvgIpc) is 3.21. The molecule has 1 amide bonds. The summed E-state index contributed by atoms with van der Waals surface area (Å²) in [7, 11) is 1.57. The second kappa shape index (κ2) is 10.1. The number of hydrogen-bond donors (Lipinski definition) is 2. The third-order valence-electron chi connectivity index (χ3n) is 4.20. The summed E-state index contributed by atoms with van der Waals surface area (Å²) in [6, 6.07) is 17.0. The van der Waals surface area contributed by atoms with Crippen LogP contribution in [0.25, 0.3) is 21.3 Å². The van der Waals surface area contributed by atoms with Crippen LogP contribution >= 0.6 is 11.3 Å². The standard InChI is InChI=1S/C20H15N3O2S.C2HF3O2/c1-25-16-4-2-3-15(11-16)19(24)23-20-22-17-6-5-14(12-18(17)26-20)13-7-9-21-10-8-13;3-2(4,5)1(6)7/h2-12H,1H3,(H,22,23,24);(H,6,7). The number of nitrogens with zero attached hydrogens (tertiary/aromatic N) is 2. The molecule has 0 saturated carbocycles. The quantitative estimate of drug-likeness (QED) is 0.418. The summed E-state index contributed by atoms with van der Waals surface area (Å²) in [6.45, 7) is 0. The maximum Gasteiger partial charge on any atom is 0.490 e. The van der Waals surface area contributed by atoms with Gasteiger partial charge in [0.1, 0.15) is 5.75 Å². The Labute approximate surface area is 189 Å². The van der Waals surface area contributed by atoms with Crippen molar-refractivity contribution in [2.45, 2.75) is 6.18 Å². The normalized spacial score (nSPS) is 10.8. The highest BCUT2D eigenvalue weighted by Crippen LogP contribution is 2.30. The Balaban J connectivity index is 0.000000383. The first-order valence-electron chi connectivity index (χ1n) is 9.24. The Bertz CT molecular complexity index is 1280. The Morgan fingerprint density at radius 3 is 2.36 bits per heavy atom. The van der Waals surface area contributed by atoms with Crippen LogP contribution in [0.4, 0.5) is 18.3 Å². The Hall–Kier alpha value is -3.99. The van der Waals surface area contributed by atoms with E-state index in [2.05, 4.69) is 21.4 Å². The van der Waals surface area contributed by atoms with Gasteiger partial charge in [-0.15, -0.1) is 0 Å². The maximum atomic E-state index is 12.4. The van der Waals surface area contributed by atoms with Crippen LogP contribution in [0.3, 0.4) is 0 Å². The van der Waals surface area contributed by atoms with E-state index in [0.29, 0.717) is 16.4 Å². The van der Waals surface area contributed by atoms with Gasteiger partial charge >= 0.3 is 12.1 Å². The molecule has 2 aromatic heterocycles. The SMILES string of the molecule is COc1cccc(C(=O)Nc2nc3ccc(-c4ccncc4)cc3s2)c1.O=C(O)C(F)(F)F. The fourth-order valence-corrected chi connectivity index (χ4v) is 3.54. The number of aliphatic carboxylic acids is 1. The van der Waals surface area contributed by atoms with Gasteiger partial charge in [0.25, 0.3) is 5.91 Å². The molecular weight excluding hydrogens is 459 g/mol. The van der Waals surface area contributed by atoms with Crippen LogP contribution in [-0.2, 0) is 4.79 Å². The molecule has 0 bridgehead atoms. The molecule has 0 aliphatic carbocycles.